The number of ether oxygens (including phenoxy) is 1. The molecule has 1 N–H and O–H groups in total. The molecular formula is C14H23NO3S. The zero-order valence-corrected chi connectivity index (χ0v) is 12.8. The summed E-state index contributed by atoms with van der Waals surface area (Å²) in [6.07, 6.45) is 0. The van der Waals surface area contributed by atoms with E-state index < -0.39 is 9.84 Å². The summed E-state index contributed by atoms with van der Waals surface area (Å²) < 4.78 is 28.5. The van der Waals surface area contributed by atoms with Gasteiger partial charge in [0.25, 0.3) is 0 Å². The van der Waals surface area contributed by atoms with Crippen molar-refractivity contribution in [2.24, 2.45) is 0 Å². The van der Waals surface area contributed by atoms with Crippen LogP contribution in [0.25, 0.3) is 0 Å². The molecule has 1 aromatic carbocycles. The van der Waals surface area contributed by atoms with Gasteiger partial charge in [-0.2, -0.15) is 0 Å². The summed E-state index contributed by atoms with van der Waals surface area (Å²) in [4.78, 5) is 0. The maximum Gasteiger partial charge on any atom is 0.151 e. The van der Waals surface area contributed by atoms with Gasteiger partial charge in [-0.25, -0.2) is 8.42 Å². The lowest BCUT2D eigenvalue weighted by Crippen LogP contribution is -2.35. The Morgan fingerprint density at radius 1 is 1.26 bits per heavy atom. The van der Waals surface area contributed by atoms with Crippen molar-refractivity contribution < 1.29 is 13.2 Å². The predicted molar refractivity (Wildman–Crippen MR) is 78.3 cm³/mol. The van der Waals surface area contributed by atoms with Crippen LogP contribution < -0.4 is 10.1 Å². The monoisotopic (exact) mass is 285 g/mol. The normalized spacial score (nSPS) is 14.9. The second-order valence-corrected chi connectivity index (χ2v) is 7.13. The van der Waals surface area contributed by atoms with Crippen LogP contribution in [0.5, 0.6) is 5.75 Å². The van der Waals surface area contributed by atoms with Crippen molar-refractivity contribution in [3.63, 3.8) is 0 Å². The number of nitrogens with one attached hydrogen (secondary N) is 1. The molecule has 2 atom stereocenters. The van der Waals surface area contributed by atoms with Crippen LogP contribution in [0.4, 0.5) is 0 Å². The SMILES string of the molecule is CCS(=O)(=O)CC(C)N[C@H](C)c1ccccc1OC. The Hall–Kier alpha value is -1.07. The number of hydrogen-bond acceptors (Lipinski definition) is 4. The largest absolute Gasteiger partial charge is 0.496 e. The standard InChI is InChI=1S/C14H23NO3S/c1-5-19(16,17)10-11(2)15-12(3)13-8-6-7-9-14(13)18-4/h6-9,11-12,15H,5,10H2,1-4H3/t11?,12-/m1/s1. The van der Waals surface area contributed by atoms with Gasteiger partial charge in [-0.1, -0.05) is 25.1 Å². The highest BCUT2D eigenvalue weighted by molar-refractivity contribution is 7.91. The zero-order valence-electron chi connectivity index (χ0n) is 12.0. The van der Waals surface area contributed by atoms with Crippen LogP contribution in [-0.2, 0) is 9.84 Å². The first kappa shape index (κ1) is 16.0. The van der Waals surface area contributed by atoms with Crippen LogP contribution in [0.15, 0.2) is 24.3 Å². The average molecular weight is 285 g/mol. The van der Waals surface area contributed by atoms with Gasteiger partial charge in [0.1, 0.15) is 5.75 Å². The lowest BCUT2D eigenvalue weighted by molar-refractivity contribution is 0.398. The maximum atomic E-state index is 11.6. The molecule has 108 valence electrons. The van der Waals surface area contributed by atoms with Gasteiger partial charge in [0.2, 0.25) is 0 Å². The van der Waals surface area contributed by atoms with Crippen molar-refractivity contribution in [2.45, 2.75) is 32.9 Å². The van der Waals surface area contributed by atoms with E-state index in [0.717, 1.165) is 11.3 Å². The molecule has 1 rings (SSSR count). The van der Waals surface area contributed by atoms with E-state index in [4.69, 9.17) is 4.74 Å². The molecule has 0 saturated heterocycles. The molecule has 19 heavy (non-hydrogen) atoms. The predicted octanol–water partition coefficient (Wildman–Crippen LogP) is 2.17. The summed E-state index contributed by atoms with van der Waals surface area (Å²) in [6, 6.07) is 7.70. The Balaban J connectivity index is 2.71. The lowest BCUT2D eigenvalue weighted by atomic mass is 10.1. The molecule has 1 aromatic rings. The van der Waals surface area contributed by atoms with E-state index in [9.17, 15) is 8.42 Å². The number of sulfone groups is 1. The second-order valence-electron chi connectivity index (χ2n) is 4.73. The Labute approximate surface area is 116 Å². The molecule has 0 radical (unpaired) electrons. The summed E-state index contributed by atoms with van der Waals surface area (Å²) in [7, 11) is -1.32. The van der Waals surface area contributed by atoms with Gasteiger partial charge in [0, 0.05) is 23.4 Å². The molecule has 0 heterocycles. The van der Waals surface area contributed by atoms with E-state index in [-0.39, 0.29) is 23.6 Å². The van der Waals surface area contributed by atoms with Gasteiger partial charge >= 0.3 is 0 Å². The average Bonchev–Trinajstić information content (AvgIpc) is 2.37. The van der Waals surface area contributed by atoms with Gasteiger partial charge < -0.3 is 10.1 Å². The minimum atomic E-state index is -2.96. The molecule has 0 aliphatic carbocycles. The Kier molecular flexibility index (Phi) is 5.82. The van der Waals surface area contributed by atoms with Crippen molar-refractivity contribution >= 4 is 9.84 Å². The number of rotatable bonds is 7. The smallest absolute Gasteiger partial charge is 0.151 e. The van der Waals surface area contributed by atoms with Crippen LogP contribution in [0.3, 0.4) is 0 Å². The van der Waals surface area contributed by atoms with E-state index in [1.165, 1.54) is 0 Å². The van der Waals surface area contributed by atoms with Crippen LogP contribution in [0, 0.1) is 0 Å². The zero-order chi connectivity index (χ0) is 14.5. The molecule has 0 amide bonds. The summed E-state index contributed by atoms with van der Waals surface area (Å²) in [5, 5.41) is 3.30. The third-order valence-corrected chi connectivity index (χ3v) is 4.97. The quantitative estimate of drug-likeness (QED) is 0.834. The minimum absolute atomic E-state index is 0.0400. The first-order valence-corrected chi connectivity index (χ1v) is 8.31. The van der Waals surface area contributed by atoms with Crippen molar-refractivity contribution in [3.8, 4) is 5.75 Å². The molecule has 0 aromatic heterocycles. The molecule has 4 nitrogen and oxygen atoms in total. The van der Waals surface area contributed by atoms with E-state index in [0.29, 0.717) is 0 Å². The summed E-state index contributed by atoms with van der Waals surface area (Å²) in [5.74, 6) is 1.15. The van der Waals surface area contributed by atoms with E-state index >= 15 is 0 Å². The fourth-order valence-corrected chi connectivity index (χ4v) is 3.18. The van der Waals surface area contributed by atoms with Crippen molar-refractivity contribution in [1.29, 1.82) is 0 Å². The Morgan fingerprint density at radius 3 is 2.47 bits per heavy atom. The summed E-state index contributed by atoms with van der Waals surface area (Å²) in [5.41, 5.74) is 1.03. The molecule has 0 fully saturated rings. The number of benzene rings is 1. The highest BCUT2D eigenvalue weighted by atomic mass is 32.2. The fourth-order valence-electron chi connectivity index (χ4n) is 2.09. The van der Waals surface area contributed by atoms with Crippen LogP contribution in [0.2, 0.25) is 0 Å². The topological polar surface area (TPSA) is 55.4 Å². The van der Waals surface area contributed by atoms with Crippen molar-refractivity contribution in [1.82, 2.24) is 5.32 Å². The van der Waals surface area contributed by atoms with Gasteiger partial charge in [0.15, 0.2) is 9.84 Å². The molecule has 0 aliphatic rings. The minimum Gasteiger partial charge on any atom is -0.496 e. The second kappa shape index (κ2) is 6.91. The van der Waals surface area contributed by atoms with Crippen LogP contribution in [-0.4, -0.2) is 33.1 Å². The molecule has 1 unspecified atom stereocenters. The van der Waals surface area contributed by atoms with Crippen molar-refractivity contribution in [3.05, 3.63) is 29.8 Å². The lowest BCUT2D eigenvalue weighted by Gasteiger charge is -2.21. The number of para-hydroxylation sites is 1. The number of methoxy groups -OCH3 is 1. The van der Waals surface area contributed by atoms with E-state index in [1.54, 1.807) is 14.0 Å². The highest BCUT2D eigenvalue weighted by Gasteiger charge is 2.17. The first-order chi connectivity index (χ1) is 8.89. The van der Waals surface area contributed by atoms with E-state index in [1.807, 2.05) is 38.1 Å². The fraction of sp³-hybridized carbons (Fsp3) is 0.571. The summed E-state index contributed by atoms with van der Waals surface area (Å²) >= 11 is 0. The molecular weight excluding hydrogens is 262 g/mol. The Bertz CT molecular complexity index is 499. The third-order valence-electron chi connectivity index (χ3n) is 3.08. The van der Waals surface area contributed by atoms with E-state index in [2.05, 4.69) is 5.32 Å². The molecule has 0 aliphatic heterocycles. The first-order valence-electron chi connectivity index (χ1n) is 6.49. The highest BCUT2D eigenvalue weighted by Crippen LogP contribution is 2.24. The Morgan fingerprint density at radius 2 is 1.89 bits per heavy atom. The van der Waals surface area contributed by atoms with Crippen LogP contribution >= 0.6 is 0 Å². The van der Waals surface area contributed by atoms with Gasteiger partial charge in [-0.15, -0.1) is 0 Å². The number of hydrogen-bond donors (Lipinski definition) is 1. The van der Waals surface area contributed by atoms with Gasteiger partial charge in [0.05, 0.1) is 12.9 Å². The third kappa shape index (κ3) is 4.84. The van der Waals surface area contributed by atoms with Crippen molar-refractivity contribution in [2.75, 3.05) is 18.6 Å². The van der Waals surface area contributed by atoms with Crippen LogP contribution in [0.1, 0.15) is 32.4 Å². The maximum absolute atomic E-state index is 11.6. The molecule has 0 saturated carbocycles. The molecule has 0 bridgehead atoms. The van der Waals surface area contributed by atoms with Gasteiger partial charge in [-0.3, -0.25) is 0 Å². The van der Waals surface area contributed by atoms with Gasteiger partial charge in [-0.05, 0) is 19.9 Å². The molecule has 5 heteroatoms. The molecule has 0 spiro atoms. The summed E-state index contributed by atoms with van der Waals surface area (Å²) in [6.45, 7) is 5.57.